The van der Waals surface area contributed by atoms with E-state index in [4.69, 9.17) is 4.74 Å². The number of hydrogen-bond donors (Lipinski definition) is 3. The molecule has 0 spiro atoms. The summed E-state index contributed by atoms with van der Waals surface area (Å²) in [7, 11) is 0. The second kappa shape index (κ2) is 13.0. The zero-order chi connectivity index (χ0) is 27.8. The molecule has 2 aliphatic rings. The number of urea groups is 1. The van der Waals surface area contributed by atoms with E-state index in [1.54, 1.807) is 4.90 Å². The van der Waals surface area contributed by atoms with Crippen molar-refractivity contribution in [3.8, 4) is 0 Å². The number of ether oxygens (including phenoxy) is 1. The molecule has 0 saturated carbocycles. The summed E-state index contributed by atoms with van der Waals surface area (Å²) in [6.45, 7) is 9.01. The van der Waals surface area contributed by atoms with Crippen molar-refractivity contribution in [2.75, 3.05) is 32.7 Å². The number of hydroxylamine groups is 2. The lowest BCUT2D eigenvalue weighted by atomic mass is 9.76. The molecule has 0 aromatic heterocycles. The molecule has 1 aromatic rings. The Balaban J connectivity index is 1.40. The topological polar surface area (TPSA) is 111 Å². The van der Waals surface area contributed by atoms with Crippen LogP contribution in [0.3, 0.4) is 0 Å². The molecule has 1 heterocycles. The van der Waals surface area contributed by atoms with Gasteiger partial charge in [-0.15, -0.1) is 0 Å². The molecule has 0 bridgehead atoms. The molecule has 1 aliphatic carbocycles. The molecule has 1 saturated heterocycles. The number of hydrogen-bond acceptors (Lipinski definition) is 5. The Morgan fingerprint density at radius 3 is 2.55 bits per heavy atom. The van der Waals surface area contributed by atoms with Gasteiger partial charge in [0.2, 0.25) is 5.91 Å². The number of carbonyl (C=O) groups is 3. The van der Waals surface area contributed by atoms with E-state index in [-0.39, 0.29) is 31.0 Å². The highest BCUT2D eigenvalue weighted by Gasteiger charge is 2.35. The van der Waals surface area contributed by atoms with Crippen molar-refractivity contribution in [3.05, 3.63) is 54.1 Å². The van der Waals surface area contributed by atoms with Gasteiger partial charge in [0.05, 0.1) is 12.0 Å². The van der Waals surface area contributed by atoms with Crippen molar-refractivity contribution in [2.45, 2.75) is 59.0 Å². The van der Waals surface area contributed by atoms with Crippen molar-refractivity contribution in [2.24, 2.45) is 11.3 Å². The van der Waals surface area contributed by atoms with Gasteiger partial charge in [-0.3, -0.25) is 10.0 Å². The van der Waals surface area contributed by atoms with E-state index in [9.17, 15) is 19.6 Å². The number of nitrogens with zero attached hydrogens (tertiary/aromatic N) is 2. The number of rotatable bonds is 8. The predicted molar refractivity (Wildman–Crippen MR) is 146 cm³/mol. The van der Waals surface area contributed by atoms with E-state index in [0.717, 1.165) is 24.0 Å². The molecule has 1 fully saturated rings. The average molecular weight is 527 g/mol. The van der Waals surface area contributed by atoms with Gasteiger partial charge in [0, 0.05) is 26.2 Å². The van der Waals surface area contributed by atoms with Crippen LogP contribution < -0.4 is 10.6 Å². The maximum absolute atomic E-state index is 13.0. The summed E-state index contributed by atoms with van der Waals surface area (Å²) >= 11 is 0. The van der Waals surface area contributed by atoms with Crippen LogP contribution in [0.15, 0.2) is 48.6 Å². The fourth-order valence-corrected chi connectivity index (χ4v) is 4.71. The zero-order valence-corrected chi connectivity index (χ0v) is 23.0. The van der Waals surface area contributed by atoms with E-state index in [2.05, 4.69) is 16.7 Å². The van der Waals surface area contributed by atoms with Gasteiger partial charge < -0.3 is 20.3 Å². The third-order valence-electron chi connectivity index (χ3n) is 7.01. The van der Waals surface area contributed by atoms with Gasteiger partial charge in [0.25, 0.3) is 0 Å². The van der Waals surface area contributed by atoms with Crippen LogP contribution in [0, 0.1) is 11.3 Å². The minimum absolute atomic E-state index is 0.0408. The van der Waals surface area contributed by atoms with Gasteiger partial charge in [-0.05, 0) is 63.5 Å². The van der Waals surface area contributed by atoms with Gasteiger partial charge in [0.1, 0.15) is 5.60 Å². The molecule has 4 amide bonds. The Hall–Kier alpha value is -3.33. The minimum atomic E-state index is -0.651. The smallest absolute Gasteiger partial charge is 0.410 e. The molecule has 2 atom stereocenters. The van der Waals surface area contributed by atoms with E-state index in [0.29, 0.717) is 37.5 Å². The first kappa shape index (κ1) is 29.2. The molecule has 38 heavy (non-hydrogen) atoms. The molecular weight excluding hydrogens is 484 g/mol. The lowest BCUT2D eigenvalue weighted by molar-refractivity contribution is -0.129. The summed E-state index contributed by atoms with van der Waals surface area (Å²) < 4.78 is 5.45. The first-order valence-electron chi connectivity index (χ1n) is 13.5. The van der Waals surface area contributed by atoms with E-state index in [1.165, 1.54) is 0 Å². The Morgan fingerprint density at radius 1 is 1.18 bits per heavy atom. The monoisotopic (exact) mass is 526 g/mol. The van der Waals surface area contributed by atoms with Crippen LogP contribution in [0.4, 0.5) is 9.59 Å². The highest BCUT2D eigenvalue weighted by atomic mass is 16.6. The molecule has 9 heteroatoms. The van der Waals surface area contributed by atoms with E-state index < -0.39 is 17.0 Å². The number of allylic oxidation sites excluding steroid dienone is 3. The van der Waals surface area contributed by atoms with Gasteiger partial charge in [-0.1, -0.05) is 55.5 Å². The SMILES string of the molecule is CCC1(C(=O)NCCN(O)C(=O)NCC2CCCN(C(=O)OC(C)(C)C)C2)C=CC(c2ccccc2)=CC1. The Morgan fingerprint density at radius 2 is 1.92 bits per heavy atom. The Kier molecular flexibility index (Phi) is 9.96. The highest BCUT2D eigenvalue weighted by Crippen LogP contribution is 2.36. The highest BCUT2D eigenvalue weighted by molar-refractivity contribution is 5.88. The third kappa shape index (κ3) is 8.08. The molecule has 208 valence electrons. The molecule has 1 aromatic carbocycles. The van der Waals surface area contributed by atoms with Gasteiger partial charge >= 0.3 is 12.1 Å². The second-order valence-electron chi connectivity index (χ2n) is 11.1. The maximum Gasteiger partial charge on any atom is 0.410 e. The number of piperidine rings is 1. The number of carbonyl (C=O) groups excluding carboxylic acids is 3. The van der Waals surface area contributed by atoms with E-state index in [1.807, 2.05) is 70.2 Å². The quantitative estimate of drug-likeness (QED) is 0.339. The standard InChI is InChI=1S/C29H42N4O5/c1-5-29(15-13-24(14-16-29)23-11-7-6-8-12-23)25(34)30-17-19-33(37)26(35)31-20-22-10-9-18-32(21-22)27(36)38-28(2,3)4/h6-8,11-15,22,37H,5,9-10,16-21H2,1-4H3,(H,30,34)(H,31,35). The molecule has 2 unspecified atom stereocenters. The maximum atomic E-state index is 13.0. The van der Waals surface area contributed by atoms with Crippen LogP contribution in [0.2, 0.25) is 0 Å². The Bertz CT molecular complexity index is 1030. The molecule has 3 N–H and O–H groups in total. The normalized spacial score (nSPS) is 21.3. The van der Waals surface area contributed by atoms with Crippen molar-refractivity contribution >= 4 is 23.6 Å². The van der Waals surface area contributed by atoms with Gasteiger partial charge in [-0.25, -0.2) is 14.7 Å². The van der Waals surface area contributed by atoms with Crippen molar-refractivity contribution in [1.29, 1.82) is 0 Å². The molecule has 9 nitrogen and oxygen atoms in total. The fraction of sp³-hybridized carbons (Fsp3) is 0.552. The zero-order valence-electron chi connectivity index (χ0n) is 23.0. The van der Waals surface area contributed by atoms with Gasteiger partial charge in [-0.2, -0.15) is 0 Å². The lowest BCUT2D eigenvalue weighted by Gasteiger charge is -2.34. The molecule has 0 radical (unpaired) electrons. The molecule has 1 aliphatic heterocycles. The first-order chi connectivity index (χ1) is 18.0. The average Bonchev–Trinajstić information content (AvgIpc) is 2.91. The van der Waals surface area contributed by atoms with Crippen LogP contribution in [-0.4, -0.2) is 71.5 Å². The van der Waals surface area contributed by atoms with Crippen LogP contribution in [-0.2, 0) is 9.53 Å². The van der Waals surface area contributed by atoms with Crippen molar-refractivity contribution in [3.63, 3.8) is 0 Å². The molecule has 3 rings (SSSR count). The number of nitrogens with one attached hydrogen (secondary N) is 2. The Labute approximate surface area is 225 Å². The van der Waals surface area contributed by atoms with Crippen molar-refractivity contribution < 1.29 is 24.3 Å². The number of amides is 4. The third-order valence-corrected chi connectivity index (χ3v) is 7.01. The summed E-state index contributed by atoms with van der Waals surface area (Å²) in [6.07, 6.45) is 8.59. The summed E-state index contributed by atoms with van der Waals surface area (Å²) in [5, 5.41) is 16.4. The van der Waals surface area contributed by atoms with Gasteiger partial charge in [0.15, 0.2) is 0 Å². The predicted octanol–water partition coefficient (Wildman–Crippen LogP) is 4.59. The van der Waals surface area contributed by atoms with Crippen LogP contribution >= 0.6 is 0 Å². The summed E-state index contributed by atoms with van der Waals surface area (Å²) in [5.41, 5.74) is 0.994. The van der Waals surface area contributed by atoms with Crippen LogP contribution in [0.1, 0.15) is 58.9 Å². The molecular formula is C29H42N4O5. The fourth-order valence-electron chi connectivity index (χ4n) is 4.71. The first-order valence-corrected chi connectivity index (χ1v) is 13.5. The summed E-state index contributed by atoms with van der Waals surface area (Å²) in [6, 6.07) is 9.41. The largest absolute Gasteiger partial charge is 0.444 e. The number of likely N-dealkylation sites (tertiary alicyclic amines) is 1. The lowest BCUT2D eigenvalue weighted by Crippen LogP contribution is -2.48. The second-order valence-corrected chi connectivity index (χ2v) is 11.1. The summed E-state index contributed by atoms with van der Waals surface area (Å²) in [5.74, 6) is -0.0532. The summed E-state index contributed by atoms with van der Waals surface area (Å²) in [4.78, 5) is 39.4. The van der Waals surface area contributed by atoms with Crippen molar-refractivity contribution in [1.82, 2.24) is 20.6 Å². The van der Waals surface area contributed by atoms with Crippen LogP contribution in [0.25, 0.3) is 5.57 Å². The van der Waals surface area contributed by atoms with E-state index >= 15 is 0 Å². The minimum Gasteiger partial charge on any atom is -0.444 e. The van der Waals surface area contributed by atoms with Crippen LogP contribution in [0.5, 0.6) is 0 Å². The number of benzene rings is 1.